The van der Waals surface area contributed by atoms with Gasteiger partial charge in [-0.2, -0.15) is 13.2 Å². The van der Waals surface area contributed by atoms with Gasteiger partial charge in [0.25, 0.3) is 0 Å². The van der Waals surface area contributed by atoms with Crippen LogP contribution in [0.15, 0.2) is 18.2 Å². The summed E-state index contributed by atoms with van der Waals surface area (Å²) in [7, 11) is 0. The third kappa shape index (κ3) is 5.44. The maximum atomic E-state index is 13.8. The Kier molecular flexibility index (Phi) is 7.37. The van der Waals surface area contributed by atoms with Gasteiger partial charge in [0, 0.05) is 44.9 Å². The molecule has 0 aromatic carbocycles. The van der Waals surface area contributed by atoms with Crippen LogP contribution < -0.4 is 10.2 Å². The van der Waals surface area contributed by atoms with E-state index in [1.807, 2.05) is 0 Å². The molecule has 10 heteroatoms. The summed E-state index contributed by atoms with van der Waals surface area (Å²) in [6.45, 7) is 8.60. The van der Waals surface area contributed by atoms with Crippen LogP contribution in [0, 0.1) is 11.3 Å². The summed E-state index contributed by atoms with van der Waals surface area (Å²) in [5, 5.41) is 14.9. The highest BCUT2D eigenvalue weighted by molar-refractivity contribution is 5.85. The molecular formula is C25H37F3N4O3. The Morgan fingerprint density at radius 1 is 1.20 bits per heavy atom. The Labute approximate surface area is 205 Å². The van der Waals surface area contributed by atoms with Crippen molar-refractivity contribution in [2.45, 2.75) is 70.3 Å². The number of pyridine rings is 1. The van der Waals surface area contributed by atoms with E-state index in [0.717, 1.165) is 32.1 Å². The number of halogens is 3. The summed E-state index contributed by atoms with van der Waals surface area (Å²) in [5.74, 6) is 0.597. The van der Waals surface area contributed by atoms with E-state index in [-0.39, 0.29) is 17.8 Å². The zero-order chi connectivity index (χ0) is 25.4. The van der Waals surface area contributed by atoms with Gasteiger partial charge in [-0.3, -0.25) is 4.79 Å². The highest BCUT2D eigenvalue weighted by Gasteiger charge is 2.56. The first-order valence-corrected chi connectivity index (χ1v) is 12.6. The van der Waals surface area contributed by atoms with Crippen LogP contribution in [0.4, 0.5) is 19.0 Å². The molecule has 35 heavy (non-hydrogen) atoms. The maximum absolute atomic E-state index is 13.8. The number of ether oxygens (including phenoxy) is 1. The number of nitrogens with one attached hydrogen (secondary N) is 1. The number of hydrogen-bond acceptors (Lipinski definition) is 6. The van der Waals surface area contributed by atoms with E-state index in [0.29, 0.717) is 51.0 Å². The van der Waals surface area contributed by atoms with Gasteiger partial charge in [0.2, 0.25) is 5.91 Å². The molecule has 0 bridgehead atoms. The standard InChI is InChI=1S/C25H37F3N4O3/c1-17-16-35-14-8-19(17)29-18-7-9-24(15-18,23(2,3)34)22(33)32-12-10-31(11-13-32)21-6-4-5-20(30-21)25(26,27)28/h4-6,17-19,29,34H,7-16H2,1-3H3/t17?,18-,19?,24+/m0/s1. The fourth-order valence-electron chi connectivity index (χ4n) is 5.83. The van der Waals surface area contributed by atoms with Crippen LogP contribution in [0.2, 0.25) is 0 Å². The minimum Gasteiger partial charge on any atom is -0.389 e. The van der Waals surface area contributed by atoms with E-state index in [4.69, 9.17) is 4.74 Å². The SMILES string of the molecule is CC1COCCC1N[C@H]1CC[C@@](C(=O)N2CCN(c3cccc(C(F)(F)F)n3)CC2)(C(C)(C)O)C1. The zero-order valence-corrected chi connectivity index (χ0v) is 20.8. The Bertz CT molecular complexity index is 899. The van der Waals surface area contributed by atoms with Gasteiger partial charge >= 0.3 is 6.18 Å². The average Bonchev–Trinajstić information content (AvgIpc) is 3.25. The topological polar surface area (TPSA) is 77.9 Å². The summed E-state index contributed by atoms with van der Waals surface area (Å²) < 4.78 is 44.7. The van der Waals surface area contributed by atoms with Gasteiger partial charge in [-0.1, -0.05) is 13.0 Å². The smallest absolute Gasteiger partial charge is 0.389 e. The number of anilines is 1. The number of rotatable bonds is 5. The third-order valence-corrected chi connectivity index (χ3v) is 8.10. The van der Waals surface area contributed by atoms with E-state index in [9.17, 15) is 23.1 Å². The lowest BCUT2D eigenvalue weighted by molar-refractivity contribution is -0.158. The third-order valence-electron chi connectivity index (χ3n) is 8.10. The van der Waals surface area contributed by atoms with Crippen LogP contribution in [-0.2, 0) is 15.7 Å². The average molecular weight is 499 g/mol. The maximum Gasteiger partial charge on any atom is 0.433 e. The minimum absolute atomic E-state index is 0.0639. The van der Waals surface area contributed by atoms with Gasteiger partial charge in [-0.05, 0) is 57.6 Å². The second-order valence-electron chi connectivity index (χ2n) is 10.9. The molecule has 3 aliphatic rings. The van der Waals surface area contributed by atoms with Crippen molar-refractivity contribution in [2.24, 2.45) is 11.3 Å². The van der Waals surface area contributed by atoms with Gasteiger partial charge < -0.3 is 25.0 Å². The lowest BCUT2D eigenvalue weighted by atomic mass is 9.70. The van der Waals surface area contributed by atoms with Gasteiger partial charge in [0.1, 0.15) is 11.5 Å². The van der Waals surface area contributed by atoms with Crippen LogP contribution in [-0.4, -0.2) is 78.0 Å². The number of amides is 1. The fourth-order valence-corrected chi connectivity index (χ4v) is 5.83. The zero-order valence-electron chi connectivity index (χ0n) is 20.8. The Morgan fingerprint density at radius 2 is 1.91 bits per heavy atom. The molecule has 1 aliphatic carbocycles. The summed E-state index contributed by atoms with van der Waals surface area (Å²) in [6.07, 6.45) is -1.59. The first-order chi connectivity index (χ1) is 16.4. The van der Waals surface area contributed by atoms with Crippen molar-refractivity contribution in [1.29, 1.82) is 0 Å². The molecular weight excluding hydrogens is 461 g/mol. The van der Waals surface area contributed by atoms with Crippen LogP contribution >= 0.6 is 0 Å². The number of alkyl halides is 3. The van der Waals surface area contributed by atoms with Gasteiger partial charge in [0.15, 0.2) is 0 Å². The normalized spacial score (nSPS) is 30.5. The fraction of sp³-hybridized carbons (Fsp3) is 0.760. The van der Waals surface area contributed by atoms with E-state index in [1.165, 1.54) is 6.07 Å². The van der Waals surface area contributed by atoms with Crippen molar-refractivity contribution >= 4 is 11.7 Å². The largest absolute Gasteiger partial charge is 0.433 e. The van der Waals surface area contributed by atoms with Gasteiger partial charge in [-0.25, -0.2) is 4.98 Å². The van der Waals surface area contributed by atoms with Crippen LogP contribution in [0.25, 0.3) is 0 Å². The molecule has 4 atom stereocenters. The van der Waals surface area contributed by atoms with Crippen molar-refractivity contribution < 1.29 is 27.8 Å². The van der Waals surface area contributed by atoms with Crippen LogP contribution in [0.3, 0.4) is 0 Å². The molecule has 0 spiro atoms. The minimum atomic E-state index is -4.50. The molecule has 2 N–H and O–H groups in total. The van der Waals surface area contributed by atoms with E-state index in [2.05, 4.69) is 17.2 Å². The lowest BCUT2D eigenvalue weighted by Gasteiger charge is -2.45. The molecule has 4 rings (SSSR count). The molecule has 1 amide bonds. The summed E-state index contributed by atoms with van der Waals surface area (Å²) in [4.78, 5) is 21.2. The Balaban J connectivity index is 1.42. The highest BCUT2D eigenvalue weighted by atomic mass is 19.4. The van der Waals surface area contributed by atoms with E-state index in [1.54, 1.807) is 29.7 Å². The van der Waals surface area contributed by atoms with Gasteiger partial charge in [0.05, 0.1) is 17.6 Å². The number of piperazine rings is 1. The number of hydrogen-bond donors (Lipinski definition) is 2. The van der Waals surface area contributed by atoms with Crippen LogP contribution in [0.5, 0.6) is 0 Å². The second kappa shape index (κ2) is 9.86. The first kappa shape index (κ1) is 26.2. The van der Waals surface area contributed by atoms with Crippen molar-refractivity contribution in [3.05, 3.63) is 23.9 Å². The number of carbonyl (C=O) groups is 1. The van der Waals surface area contributed by atoms with Crippen molar-refractivity contribution in [3.8, 4) is 0 Å². The molecule has 2 aliphatic heterocycles. The van der Waals surface area contributed by atoms with Gasteiger partial charge in [-0.15, -0.1) is 0 Å². The summed E-state index contributed by atoms with van der Waals surface area (Å²) in [5.41, 5.74) is -3.00. The van der Waals surface area contributed by atoms with Crippen molar-refractivity contribution in [2.75, 3.05) is 44.3 Å². The van der Waals surface area contributed by atoms with E-state index < -0.39 is 22.9 Å². The predicted molar refractivity (Wildman–Crippen MR) is 126 cm³/mol. The van der Waals surface area contributed by atoms with E-state index >= 15 is 0 Å². The monoisotopic (exact) mass is 498 g/mol. The number of carbonyl (C=O) groups excluding carboxylic acids is 1. The first-order valence-electron chi connectivity index (χ1n) is 12.6. The predicted octanol–water partition coefficient (Wildman–Crippen LogP) is 3.07. The molecule has 2 unspecified atom stereocenters. The van der Waals surface area contributed by atoms with Crippen molar-refractivity contribution in [3.63, 3.8) is 0 Å². The van der Waals surface area contributed by atoms with Crippen molar-refractivity contribution in [1.82, 2.24) is 15.2 Å². The number of aliphatic hydroxyl groups is 1. The molecule has 3 heterocycles. The summed E-state index contributed by atoms with van der Waals surface area (Å²) >= 11 is 0. The molecule has 1 aromatic heterocycles. The second-order valence-corrected chi connectivity index (χ2v) is 10.9. The quantitative estimate of drug-likeness (QED) is 0.650. The molecule has 2 saturated heterocycles. The number of aromatic nitrogens is 1. The number of nitrogens with zero attached hydrogens (tertiary/aromatic N) is 3. The molecule has 1 saturated carbocycles. The molecule has 0 radical (unpaired) electrons. The molecule has 3 fully saturated rings. The molecule has 7 nitrogen and oxygen atoms in total. The van der Waals surface area contributed by atoms with Crippen LogP contribution in [0.1, 0.15) is 52.1 Å². The highest BCUT2D eigenvalue weighted by Crippen LogP contribution is 2.48. The lowest BCUT2D eigenvalue weighted by Crippen LogP contribution is -2.59. The molecule has 1 aromatic rings. The Morgan fingerprint density at radius 3 is 2.54 bits per heavy atom. The Hall–Kier alpha value is -1.91. The molecule has 196 valence electrons. The summed E-state index contributed by atoms with van der Waals surface area (Å²) in [6, 6.07) is 4.37.